The number of halogens is 1. The molecule has 0 spiro atoms. The maximum atomic E-state index is 13.0. The number of rotatable bonds is 6. The van der Waals surface area contributed by atoms with Crippen LogP contribution in [0.5, 0.6) is 0 Å². The highest BCUT2D eigenvalue weighted by Gasteiger charge is 2.22. The van der Waals surface area contributed by atoms with E-state index in [0.717, 1.165) is 23.4 Å². The molecule has 0 saturated carbocycles. The van der Waals surface area contributed by atoms with Crippen molar-refractivity contribution in [1.29, 1.82) is 0 Å². The number of nitrogens with one attached hydrogen (secondary N) is 1. The van der Waals surface area contributed by atoms with Gasteiger partial charge in [0.2, 0.25) is 0 Å². The molecule has 1 saturated heterocycles. The number of carbonyl (C=O) groups excluding carboxylic acids is 1. The second kappa shape index (κ2) is 7.73. The lowest BCUT2D eigenvalue weighted by Gasteiger charge is -2.20. The van der Waals surface area contributed by atoms with Gasteiger partial charge in [-0.15, -0.1) is 17.9 Å². The van der Waals surface area contributed by atoms with E-state index in [4.69, 9.17) is 0 Å². The first kappa shape index (κ1) is 16.9. The minimum absolute atomic E-state index is 0.00604. The van der Waals surface area contributed by atoms with Crippen LogP contribution in [-0.4, -0.2) is 23.9 Å². The number of thiophene rings is 1. The molecule has 1 fully saturated rings. The van der Waals surface area contributed by atoms with Crippen LogP contribution in [0.1, 0.15) is 39.0 Å². The van der Waals surface area contributed by atoms with Crippen LogP contribution in [0.3, 0.4) is 0 Å². The van der Waals surface area contributed by atoms with Crippen LogP contribution in [0, 0.1) is 5.82 Å². The fourth-order valence-electron chi connectivity index (χ4n) is 2.92. The molecule has 0 aliphatic carbocycles. The smallest absolute Gasteiger partial charge is 0.264 e. The molecule has 1 aromatic carbocycles. The molecule has 1 N–H and O–H groups in total. The summed E-state index contributed by atoms with van der Waals surface area (Å²) in [5.74, 6) is -0.277. The Bertz CT molecular complexity index is 704. The van der Waals surface area contributed by atoms with Gasteiger partial charge in [0.15, 0.2) is 0 Å². The Morgan fingerprint density at radius 3 is 2.79 bits per heavy atom. The number of nitrogens with zero attached hydrogens (tertiary/aromatic N) is 1. The van der Waals surface area contributed by atoms with E-state index in [2.05, 4.69) is 11.9 Å². The third-order valence-corrected chi connectivity index (χ3v) is 5.35. The molecule has 0 radical (unpaired) electrons. The summed E-state index contributed by atoms with van der Waals surface area (Å²) < 4.78 is 13.0. The van der Waals surface area contributed by atoms with Gasteiger partial charge in [0.1, 0.15) is 5.82 Å². The second-order valence-corrected chi connectivity index (χ2v) is 7.07. The van der Waals surface area contributed by atoms with Crippen molar-refractivity contribution in [1.82, 2.24) is 10.2 Å². The normalized spacial score (nSPS) is 17.0. The molecule has 5 heteroatoms. The molecular weight excluding hydrogens is 323 g/mol. The highest BCUT2D eigenvalue weighted by molar-refractivity contribution is 7.14. The van der Waals surface area contributed by atoms with Crippen LogP contribution in [0.15, 0.2) is 49.1 Å². The molecule has 24 heavy (non-hydrogen) atoms. The molecule has 3 rings (SSSR count). The molecule has 1 amide bonds. The Hall–Kier alpha value is -1.98. The van der Waals surface area contributed by atoms with Gasteiger partial charge in [0.25, 0.3) is 5.91 Å². The van der Waals surface area contributed by atoms with E-state index in [1.807, 2.05) is 12.1 Å². The van der Waals surface area contributed by atoms with E-state index in [0.29, 0.717) is 19.1 Å². The summed E-state index contributed by atoms with van der Waals surface area (Å²) >= 11 is 1.56. The number of amides is 1. The van der Waals surface area contributed by atoms with Crippen LogP contribution < -0.4 is 5.32 Å². The summed E-state index contributed by atoms with van der Waals surface area (Å²) in [6.07, 6.45) is 4.02. The third-order valence-electron chi connectivity index (χ3n) is 4.16. The SMILES string of the molecule is C=CCN(Cc1ccc(F)cc1)C(=O)c1ccc(C2CCCN2)s1. The van der Waals surface area contributed by atoms with Crippen molar-refractivity contribution in [2.24, 2.45) is 0 Å². The lowest BCUT2D eigenvalue weighted by molar-refractivity contribution is 0.0767. The lowest BCUT2D eigenvalue weighted by Crippen LogP contribution is -2.30. The van der Waals surface area contributed by atoms with E-state index in [-0.39, 0.29) is 11.7 Å². The van der Waals surface area contributed by atoms with Crippen molar-refractivity contribution in [2.45, 2.75) is 25.4 Å². The molecule has 1 aliphatic rings. The maximum absolute atomic E-state index is 13.0. The average Bonchev–Trinajstić information content (AvgIpc) is 3.27. The van der Waals surface area contributed by atoms with Crippen LogP contribution in [0.25, 0.3) is 0 Å². The van der Waals surface area contributed by atoms with E-state index >= 15 is 0 Å². The number of hydrogen-bond acceptors (Lipinski definition) is 3. The van der Waals surface area contributed by atoms with Crippen molar-refractivity contribution >= 4 is 17.2 Å². The molecule has 1 atom stereocenters. The first-order valence-corrected chi connectivity index (χ1v) is 8.97. The third kappa shape index (κ3) is 3.91. The van der Waals surface area contributed by atoms with Crippen molar-refractivity contribution in [3.05, 3.63) is 70.2 Å². The van der Waals surface area contributed by atoms with Gasteiger partial charge in [-0.3, -0.25) is 4.79 Å². The fraction of sp³-hybridized carbons (Fsp3) is 0.316. The first-order chi connectivity index (χ1) is 11.7. The highest BCUT2D eigenvalue weighted by Crippen LogP contribution is 2.30. The van der Waals surface area contributed by atoms with Gasteiger partial charge in [0.05, 0.1) is 4.88 Å². The van der Waals surface area contributed by atoms with Gasteiger partial charge < -0.3 is 10.2 Å². The molecule has 126 valence electrons. The predicted molar refractivity (Wildman–Crippen MR) is 95.6 cm³/mol. The van der Waals surface area contributed by atoms with Crippen molar-refractivity contribution in [2.75, 3.05) is 13.1 Å². The largest absolute Gasteiger partial charge is 0.330 e. The standard InChI is InChI=1S/C19H21FN2OS/c1-2-12-22(13-14-5-7-15(20)8-6-14)19(23)18-10-9-17(24-18)16-4-3-11-21-16/h2,5-10,16,21H,1,3-4,11-13H2. The molecule has 2 heterocycles. The topological polar surface area (TPSA) is 32.3 Å². The van der Waals surface area contributed by atoms with E-state index < -0.39 is 0 Å². The summed E-state index contributed by atoms with van der Waals surface area (Å²) in [5.41, 5.74) is 0.904. The molecule has 1 aliphatic heterocycles. The van der Waals surface area contributed by atoms with E-state index in [9.17, 15) is 9.18 Å². The lowest BCUT2D eigenvalue weighted by atomic mass is 10.2. The van der Waals surface area contributed by atoms with Crippen LogP contribution in [-0.2, 0) is 6.54 Å². The minimum atomic E-state index is -0.271. The molecule has 0 bridgehead atoms. The monoisotopic (exact) mass is 344 g/mol. The zero-order valence-corrected chi connectivity index (χ0v) is 14.3. The maximum Gasteiger partial charge on any atom is 0.264 e. The van der Waals surface area contributed by atoms with E-state index in [1.54, 1.807) is 34.4 Å². The van der Waals surface area contributed by atoms with Crippen LogP contribution in [0.4, 0.5) is 4.39 Å². The molecule has 2 aromatic rings. The highest BCUT2D eigenvalue weighted by atomic mass is 32.1. The van der Waals surface area contributed by atoms with Gasteiger partial charge in [-0.25, -0.2) is 4.39 Å². The summed E-state index contributed by atoms with van der Waals surface area (Å²) in [6, 6.07) is 10.6. The van der Waals surface area contributed by atoms with Crippen molar-refractivity contribution < 1.29 is 9.18 Å². The molecular formula is C19H21FN2OS. The van der Waals surface area contributed by atoms with E-state index in [1.165, 1.54) is 23.4 Å². The molecule has 1 aromatic heterocycles. The van der Waals surface area contributed by atoms with Gasteiger partial charge >= 0.3 is 0 Å². The Labute approximate surface area is 145 Å². The quantitative estimate of drug-likeness (QED) is 0.799. The predicted octanol–water partition coefficient (Wildman–Crippen LogP) is 4.14. The number of carbonyl (C=O) groups is 1. The summed E-state index contributed by atoms with van der Waals surface area (Å²) in [4.78, 5) is 16.5. The zero-order valence-electron chi connectivity index (χ0n) is 13.5. The van der Waals surface area contributed by atoms with Crippen molar-refractivity contribution in [3.8, 4) is 0 Å². The average molecular weight is 344 g/mol. The molecule has 1 unspecified atom stereocenters. The fourth-order valence-corrected chi connectivity index (χ4v) is 4.01. The first-order valence-electron chi connectivity index (χ1n) is 8.15. The Balaban J connectivity index is 1.73. The Morgan fingerprint density at radius 2 is 2.12 bits per heavy atom. The van der Waals surface area contributed by atoms with Crippen LogP contribution in [0.2, 0.25) is 0 Å². The van der Waals surface area contributed by atoms with Gasteiger partial charge in [-0.05, 0) is 49.2 Å². The van der Waals surface area contributed by atoms with Gasteiger partial charge in [-0.1, -0.05) is 18.2 Å². The number of benzene rings is 1. The summed E-state index contributed by atoms with van der Waals surface area (Å²) in [7, 11) is 0. The summed E-state index contributed by atoms with van der Waals surface area (Å²) in [5, 5.41) is 3.46. The second-order valence-electron chi connectivity index (χ2n) is 5.95. The Kier molecular flexibility index (Phi) is 5.43. The van der Waals surface area contributed by atoms with Gasteiger partial charge in [0, 0.05) is 24.0 Å². The summed E-state index contributed by atoms with van der Waals surface area (Å²) in [6.45, 7) is 5.69. The van der Waals surface area contributed by atoms with Crippen molar-refractivity contribution in [3.63, 3.8) is 0 Å². The zero-order chi connectivity index (χ0) is 16.9. The minimum Gasteiger partial charge on any atom is -0.330 e. The van der Waals surface area contributed by atoms with Crippen LogP contribution >= 0.6 is 11.3 Å². The van der Waals surface area contributed by atoms with Gasteiger partial charge in [-0.2, -0.15) is 0 Å². The Morgan fingerprint density at radius 1 is 1.33 bits per heavy atom. The molecule has 3 nitrogen and oxygen atoms in total. The number of hydrogen-bond donors (Lipinski definition) is 1.